The second-order valence-electron chi connectivity index (χ2n) is 7.79. The minimum absolute atomic E-state index is 0.0889. The number of ketones is 1. The number of hydrogen-bond donors (Lipinski definition) is 1. The van der Waals surface area contributed by atoms with Crippen molar-refractivity contribution in [1.82, 2.24) is 4.90 Å². The molecule has 0 saturated heterocycles. The number of Topliss-reactive ketones (excluding diaryl/α,β-unsaturated/α-hetero) is 1. The minimum Gasteiger partial charge on any atom is -0.374 e. The van der Waals surface area contributed by atoms with E-state index in [1.807, 2.05) is 0 Å². The summed E-state index contributed by atoms with van der Waals surface area (Å²) in [6.45, 7) is 5.24. The van der Waals surface area contributed by atoms with Crippen molar-refractivity contribution in [1.29, 1.82) is 0 Å². The number of rotatable bonds is 17. The molecule has 0 radical (unpaired) electrons. The second-order valence-corrected chi connectivity index (χ2v) is 7.79. The fourth-order valence-corrected chi connectivity index (χ4v) is 3.54. The van der Waals surface area contributed by atoms with Crippen molar-refractivity contribution in [3.8, 4) is 0 Å². The Balaban J connectivity index is 1.90. The molecule has 1 aliphatic heterocycles. The van der Waals surface area contributed by atoms with Crippen molar-refractivity contribution >= 4 is 11.6 Å². The van der Waals surface area contributed by atoms with Gasteiger partial charge in [0, 0.05) is 13.0 Å². The zero-order valence-electron chi connectivity index (χ0n) is 17.8. The van der Waals surface area contributed by atoms with Gasteiger partial charge >= 0.3 is 0 Å². The van der Waals surface area contributed by atoms with E-state index in [-0.39, 0.29) is 5.78 Å². The highest BCUT2D eigenvalue weighted by Crippen LogP contribution is 2.12. The third-order valence-electron chi connectivity index (χ3n) is 5.24. The molecule has 27 heavy (non-hydrogen) atoms. The Labute approximate surface area is 167 Å². The largest absolute Gasteiger partial charge is 0.374 e. The van der Waals surface area contributed by atoms with Crippen molar-refractivity contribution in [3.63, 3.8) is 0 Å². The van der Waals surface area contributed by atoms with Crippen LogP contribution >= 0.6 is 0 Å². The van der Waals surface area contributed by atoms with Gasteiger partial charge in [0.15, 0.2) is 11.6 Å². The van der Waals surface area contributed by atoms with Crippen LogP contribution in [-0.2, 0) is 4.79 Å². The van der Waals surface area contributed by atoms with Crippen molar-refractivity contribution in [2.75, 3.05) is 13.1 Å². The maximum Gasteiger partial charge on any atom is 0.197 e. The third-order valence-corrected chi connectivity index (χ3v) is 5.24. The highest BCUT2D eigenvalue weighted by molar-refractivity contribution is 6.39. The van der Waals surface area contributed by atoms with Gasteiger partial charge in [0.25, 0.3) is 0 Å². The fourth-order valence-electron chi connectivity index (χ4n) is 3.54. The van der Waals surface area contributed by atoms with E-state index >= 15 is 0 Å². The summed E-state index contributed by atoms with van der Waals surface area (Å²) in [5.41, 5.74) is 0. The normalized spacial score (nSPS) is 15.5. The average molecular weight is 379 g/mol. The SMILES string of the molecule is CCCCCCCCC=CCCCCCCCC(=O)C1=NCCN1C(C)O. The van der Waals surface area contributed by atoms with Crippen molar-refractivity contribution in [2.45, 2.75) is 110 Å². The van der Waals surface area contributed by atoms with Crippen LogP contribution < -0.4 is 0 Å². The van der Waals surface area contributed by atoms with Crippen molar-refractivity contribution < 1.29 is 9.90 Å². The molecule has 0 spiro atoms. The van der Waals surface area contributed by atoms with E-state index in [2.05, 4.69) is 24.1 Å². The summed E-state index contributed by atoms with van der Waals surface area (Å²) < 4.78 is 0. The lowest BCUT2D eigenvalue weighted by Crippen LogP contribution is -2.39. The lowest BCUT2D eigenvalue weighted by Gasteiger charge is -2.22. The Morgan fingerprint density at radius 1 is 1.00 bits per heavy atom. The zero-order valence-corrected chi connectivity index (χ0v) is 17.8. The van der Waals surface area contributed by atoms with Crippen LogP contribution in [0.3, 0.4) is 0 Å². The van der Waals surface area contributed by atoms with Crippen LogP contribution in [0.5, 0.6) is 0 Å². The molecule has 0 aromatic carbocycles. The lowest BCUT2D eigenvalue weighted by molar-refractivity contribution is -0.114. The zero-order chi connectivity index (χ0) is 19.7. The van der Waals surface area contributed by atoms with E-state index < -0.39 is 6.23 Å². The summed E-state index contributed by atoms with van der Waals surface area (Å²) in [4.78, 5) is 18.2. The Kier molecular flexibility index (Phi) is 14.0. The maximum absolute atomic E-state index is 12.2. The van der Waals surface area contributed by atoms with Gasteiger partial charge in [-0.25, -0.2) is 0 Å². The molecule has 0 aromatic rings. The standard InChI is InChI=1S/C23H42N2O2/c1-3-4-5-6-7-8-9-10-11-12-13-14-15-16-17-18-22(27)23-24-19-20-25(23)21(2)26/h10-11,21,26H,3-9,12-20H2,1-2H3. The van der Waals surface area contributed by atoms with Gasteiger partial charge in [-0.15, -0.1) is 0 Å². The first-order valence-corrected chi connectivity index (χ1v) is 11.3. The van der Waals surface area contributed by atoms with E-state index in [1.54, 1.807) is 11.8 Å². The molecule has 1 rings (SSSR count). The molecule has 1 aliphatic rings. The Morgan fingerprint density at radius 3 is 2.15 bits per heavy atom. The quantitative estimate of drug-likeness (QED) is 0.263. The summed E-state index contributed by atoms with van der Waals surface area (Å²) >= 11 is 0. The van der Waals surface area contributed by atoms with E-state index in [0.717, 1.165) is 12.8 Å². The summed E-state index contributed by atoms with van der Waals surface area (Å²) in [5.74, 6) is 0.575. The monoisotopic (exact) mass is 378 g/mol. The predicted molar refractivity (Wildman–Crippen MR) is 115 cm³/mol. The van der Waals surface area contributed by atoms with Gasteiger partial charge in [-0.2, -0.15) is 0 Å². The van der Waals surface area contributed by atoms with Gasteiger partial charge in [-0.3, -0.25) is 9.79 Å². The van der Waals surface area contributed by atoms with Crippen LogP contribution in [0, 0.1) is 0 Å². The number of aliphatic imine (C=N–C) groups is 1. The molecular formula is C23H42N2O2. The summed E-state index contributed by atoms with van der Waals surface area (Å²) in [7, 11) is 0. The van der Waals surface area contributed by atoms with Gasteiger partial charge in [0.05, 0.1) is 6.54 Å². The molecule has 0 amide bonds. The first-order valence-electron chi connectivity index (χ1n) is 11.3. The van der Waals surface area contributed by atoms with E-state index in [0.29, 0.717) is 25.3 Å². The van der Waals surface area contributed by atoms with Crippen LogP contribution in [-0.4, -0.2) is 40.9 Å². The molecule has 4 heteroatoms. The molecule has 1 atom stereocenters. The van der Waals surface area contributed by atoms with Gasteiger partial charge in [0.1, 0.15) is 6.23 Å². The van der Waals surface area contributed by atoms with Gasteiger partial charge < -0.3 is 10.0 Å². The number of unbranched alkanes of at least 4 members (excludes halogenated alkanes) is 11. The van der Waals surface area contributed by atoms with Gasteiger partial charge in [0.2, 0.25) is 0 Å². The van der Waals surface area contributed by atoms with E-state index in [1.165, 1.54) is 70.6 Å². The van der Waals surface area contributed by atoms with Crippen LogP contribution in [0.15, 0.2) is 17.1 Å². The number of hydrogen-bond acceptors (Lipinski definition) is 4. The first kappa shape index (κ1) is 23.9. The number of carbonyl (C=O) groups excluding carboxylic acids is 1. The number of nitrogens with zero attached hydrogens (tertiary/aromatic N) is 2. The summed E-state index contributed by atoms with van der Waals surface area (Å²) in [5, 5.41) is 9.66. The van der Waals surface area contributed by atoms with E-state index in [4.69, 9.17) is 0 Å². The maximum atomic E-state index is 12.2. The number of allylic oxidation sites excluding steroid dienone is 2. The molecule has 0 saturated carbocycles. The van der Waals surface area contributed by atoms with Crippen LogP contribution in [0.1, 0.15) is 104 Å². The molecule has 156 valence electrons. The molecule has 1 unspecified atom stereocenters. The molecule has 1 N–H and O–H groups in total. The Hall–Kier alpha value is -1.16. The van der Waals surface area contributed by atoms with Crippen LogP contribution in [0.4, 0.5) is 0 Å². The Morgan fingerprint density at radius 2 is 1.56 bits per heavy atom. The number of carbonyl (C=O) groups is 1. The fraction of sp³-hybridized carbons (Fsp3) is 0.826. The van der Waals surface area contributed by atoms with Gasteiger partial charge in [-0.1, -0.05) is 70.4 Å². The smallest absolute Gasteiger partial charge is 0.197 e. The average Bonchev–Trinajstić information content (AvgIpc) is 3.15. The molecule has 4 nitrogen and oxygen atoms in total. The summed E-state index contributed by atoms with van der Waals surface area (Å²) in [6.07, 6.45) is 21.0. The summed E-state index contributed by atoms with van der Waals surface area (Å²) in [6, 6.07) is 0. The second kappa shape index (κ2) is 15.9. The molecular weight excluding hydrogens is 336 g/mol. The molecule has 0 bridgehead atoms. The number of amidine groups is 1. The predicted octanol–water partition coefficient (Wildman–Crippen LogP) is 5.65. The Bertz CT molecular complexity index is 444. The number of aliphatic hydroxyl groups is 1. The molecule has 0 aliphatic carbocycles. The highest BCUT2D eigenvalue weighted by Gasteiger charge is 2.25. The van der Waals surface area contributed by atoms with Crippen molar-refractivity contribution in [2.24, 2.45) is 4.99 Å². The van der Waals surface area contributed by atoms with Crippen LogP contribution in [0.25, 0.3) is 0 Å². The third kappa shape index (κ3) is 11.3. The van der Waals surface area contributed by atoms with Gasteiger partial charge in [-0.05, 0) is 39.0 Å². The number of aliphatic hydroxyl groups excluding tert-OH is 1. The topological polar surface area (TPSA) is 52.9 Å². The van der Waals surface area contributed by atoms with Crippen LogP contribution in [0.2, 0.25) is 0 Å². The molecule has 0 fully saturated rings. The molecule has 0 aromatic heterocycles. The lowest BCUT2D eigenvalue weighted by atomic mass is 10.1. The highest BCUT2D eigenvalue weighted by atomic mass is 16.3. The van der Waals surface area contributed by atoms with Crippen molar-refractivity contribution in [3.05, 3.63) is 12.2 Å². The molecule has 1 heterocycles. The first-order chi connectivity index (χ1) is 13.2. The van der Waals surface area contributed by atoms with E-state index in [9.17, 15) is 9.90 Å². The minimum atomic E-state index is -0.621.